The summed E-state index contributed by atoms with van der Waals surface area (Å²) in [4.78, 5) is 21.0. The molecule has 0 rings (SSSR count). The van der Waals surface area contributed by atoms with Gasteiger partial charge in [0.25, 0.3) is 0 Å². The Labute approximate surface area is 197 Å². The predicted octanol–water partition coefficient (Wildman–Crippen LogP) is 0.0658. The van der Waals surface area contributed by atoms with E-state index in [1.54, 1.807) is 6.92 Å². The Morgan fingerprint density at radius 2 is 1.24 bits per heavy atom. The van der Waals surface area contributed by atoms with E-state index >= 15 is 0 Å². The van der Waals surface area contributed by atoms with Gasteiger partial charge < -0.3 is 29.9 Å². The summed E-state index contributed by atoms with van der Waals surface area (Å²) in [5.74, 6) is -0.283. The van der Waals surface area contributed by atoms with Crippen molar-refractivity contribution in [2.45, 2.75) is 67.5 Å². The topological polar surface area (TPSA) is 80.3 Å². The average Bonchev–Trinajstić information content (AvgIpc) is 2.49. The van der Waals surface area contributed by atoms with Crippen molar-refractivity contribution in [3.8, 4) is 0 Å². The van der Waals surface area contributed by atoms with E-state index in [4.69, 9.17) is 23.7 Å². The van der Waals surface area contributed by atoms with Gasteiger partial charge in [0.05, 0.1) is 19.4 Å². The van der Waals surface area contributed by atoms with Crippen molar-refractivity contribution in [3.05, 3.63) is 0 Å². The SMILES string of the molecule is C.CCOC(=O)CC(OCC)OCC.CCOC(CC=O)OCC.[H-].[K+]. The molecule has 0 aromatic heterocycles. The molecule has 7 nitrogen and oxygen atoms in total. The number of carbonyl (C=O) groups excluding carboxylic acids is 2. The van der Waals surface area contributed by atoms with Gasteiger partial charge in [0.15, 0.2) is 12.6 Å². The molecule has 0 aromatic rings. The molecule has 0 unspecified atom stereocenters. The molecule has 8 heteroatoms. The van der Waals surface area contributed by atoms with Crippen molar-refractivity contribution in [2.24, 2.45) is 0 Å². The van der Waals surface area contributed by atoms with E-state index < -0.39 is 6.29 Å². The molecule has 0 aliphatic heterocycles. The summed E-state index contributed by atoms with van der Waals surface area (Å²) in [7, 11) is 0. The van der Waals surface area contributed by atoms with Gasteiger partial charge in [-0.2, -0.15) is 0 Å². The average molecular weight is 393 g/mol. The molecular weight excluding hydrogens is 355 g/mol. The first-order valence-electron chi connectivity index (χ1n) is 8.14. The fourth-order valence-electron chi connectivity index (χ4n) is 1.53. The van der Waals surface area contributed by atoms with Gasteiger partial charge in [-0.25, -0.2) is 0 Å². The quantitative estimate of drug-likeness (QED) is 0.190. The molecule has 0 aromatic carbocycles. The maximum atomic E-state index is 11.0. The smallest absolute Gasteiger partial charge is 1.00 e. The number of carbonyl (C=O) groups is 2. The molecule has 0 aliphatic carbocycles. The van der Waals surface area contributed by atoms with Gasteiger partial charge in [-0.05, 0) is 34.6 Å². The third-order valence-electron chi connectivity index (χ3n) is 2.34. The van der Waals surface area contributed by atoms with Crippen molar-refractivity contribution in [2.75, 3.05) is 33.0 Å². The molecule has 0 amide bonds. The zero-order valence-electron chi connectivity index (χ0n) is 17.0. The number of hydrogen-bond donors (Lipinski definition) is 0. The molecule has 0 atom stereocenters. The zero-order chi connectivity index (χ0) is 17.9. The second-order valence-electron chi connectivity index (χ2n) is 4.09. The third kappa shape index (κ3) is 24.6. The van der Waals surface area contributed by atoms with E-state index in [0.29, 0.717) is 39.5 Å². The first-order chi connectivity index (χ1) is 11.1. The van der Waals surface area contributed by atoms with E-state index in [9.17, 15) is 9.59 Å². The Morgan fingerprint density at radius 1 is 0.840 bits per heavy atom. The number of hydrogen-bond acceptors (Lipinski definition) is 7. The maximum absolute atomic E-state index is 11.0. The molecular formula is C17H37KO7. The third-order valence-corrected chi connectivity index (χ3v) is 2.34. The van der Waals surface area contributed by atoms with E-state index in [1.807, 2.05) is 27.7 Å². The summed E-state index contributed by atoms with van der Waals surface area (Å²) in [5, 5.41) is 0. The number of esters is 1. The zero-order valence-corrected chi connectivity index (χ0v) is 19.2. The molecule has 25 heavy (non-hydrogen) atoms. The molecule has 0 saturated heterocycles. The molecule has 0 radical (unpaired) electrons. The van der Waals surface area contributed by atoms with Gasteiger partial charge in [-0.1, -0.05) is 7.43 Å². The van der Waals surface area contributed by atoms with Gasteiger partial charge >= 0.3 is 57.4 Å². The summed E-state index contributed by atoms with van der Waals surface area (Å²) in [5.41, 5.74) is 0. The van der Waals surface area contributed by atoms with Crippen LogP contribution in [-0.4, -0.2) is 57.9 Å². The van der Waals surface area contributed by atoms with E-state index in [1.165, 1.54) is 0 Å². The maximum Gasteiger partial charge on any atom is 1.00 e. The summed E-state index contributed by atoms with van der Waals surface area (Å²) in [6.07, 6.45) is 0.481. The van der Waals surface area contributed by atoms with Gasteiger partial charge in [-0.3, -0.25) is 4.79 Å². The molecule has 0 N–H and O–H groups in total. The van der Waals surface area contributed by atoms with Crippen LogP contribution in [0.15, 0.2) is 0 Å². The summed E-state index contributed by atoms with van der Waals surface area (Å²) < 4.78 is 25.3. The molecule has 0 bridgehead atoms. The van der Waals surface area contributed by atoms with Crippen LogP contribution in [0.5, 0.6) is 0 Å². The fraction of sp³-hybridized carbons (Fsp3) is 0.882. The van der Waals surface area contributed by atoms with Crippen molar-refractivity contribution in [3.63, 3.8) is 0 Å². The largest absolute Gasteiger partial charge is 1.00 e. The Bertz CT molecular complexity index is 272. The minimum atomic E-state index is -0.464. The van der Waals surface area contributed by atoms with Crippen molar-refractivity contribution in [1.82, 2.24) is 0 Å². The normalized spacial score (nSPS) is 9.56. The van der Waals surface area contributed by atoms with Crippen LogP contribution in [0.2, 0.25) is 0 Å². The van der Waals surface area contributed by atoms with Crippen LogP contribution in [0.25, 0.3) is 0 Å². The summed E-state index contributed by atoms with van der Waals surface area (Å²) in [6.45, 7) is 11.9. The Hall–Kier alpha value is 0.616. The molecule has 0 aliphatic rings. The molecule has 0 saturated carbocycles. The standard InChI is InChI=1S/C9H18O4.C7H14O3.CH4.K.H/c1-4-11-8(10)7-9(12-5-2)13-6-3;1-3-9-7(5-6-8)10-4-2;;;/h9H,4-7H2,1-3H3;6-7H,3-5H2,1-2H3;1H4;;/q;;;+1;-1. The van der Waals surface area contributed by atoms with Gasteiger partial charge in [0.1, 0.15) is 6.29 Å². The second-order valence-corrected chi connectivity index (χ2v) is 4.09. The van der Waals surface area contributed by atoms with E-state index in [2.05, 4.69) is 0 Å². The van der Waals surface area contributed by atoms with Gasteiger partial charge in [0.2, 0.25) is 0 Å². The number of rotatable bonds is 13. The first kappa shape index (κ1) is 33.2. The Balaban J connectivity index is -0.000000104. The van der Waals surface area contributed by atoms with Crippen molar-refractivity contribution < 1.29 is 86.1 Å². The van der Waals surface area contributed by atoms with Crippen LogP contribution >= 0.6 is 0 Å². The Morgan fingerprint density at radius 3 is 1.56 bits per heavy atom. The second kappa shape index (κ2) is 26.8. The monoisotopic (exact) mass is 392 g/mol. The molecule has 148 valence electrons. The minimum Gasteiger partial charge on any atom is -1.00 e. The Kier molecular flexibility index (Phi) is 35.7. The minimum absolute atomic E-state index is 0. The van der Waals surface area contributed by atoms with Crippen LogP contribution < -0.4 is 51.4 Å². The van der Waals surface area contributed by atoms with Crippen molar-refractivity contribution >= 4 is 12.3 Å². The summed E-state index contributed by atoms with van der Waals surface area (Å²) in [6, 6.07) is 0. The first-order valence-corrected chi connectivity index (χ1v) is 8.14. The predicted molar refractivity (Wildman–Crippen MR) is 93.9 cm³/mol. The fourth-order valence-corrected chi connectivity index (χ4v) is 1.53. The molecule has 0 heterocycles. The van der Waals surface area contributed by atoms with Crippen LogP contribution in [0.1, 0.15) is 56.3 Å². The van der Waals surface area contributed by atoms with Gasteiger partial charge in [0, 0.05) is 26.4 Å². The van der Waals surface area contributed by atoms with Crippen molar-refractivity contribution in [1.29, 1.82) is 0 Å². The molecule has 0 spiro atoms. The van der Waals surface area contributed by atoms with Crippen LogP contribution in [0.4, 0.5) is 0 Å². The number of ether oxygens (including phenoxy) is 5. The van der Waals surface area contributed by atoms with Crippen LogP contribution in [-0.2, 0) is 33.3 Å². The van der Waals surface area contributed by atoms with E-state index in [0.717, 1.165) is 6.29 Å². The van der Waals surface area contributed by atoms with Crippen LogP contribution in [0, 0.1) is 0 Å². The van der Waals surface area contributed by atoms with Crippen LogP contribution in [0.3, 0.4) is 0 Å². The molecule has 0 fully saturated rings. The summed E-state index contributed by atoms with van der Waals surface area (Å²) >= 11 is 0. The number of aldehydes is 1. The van der Waals surface area contributed by atoms with E-state index in [-0.39, 0.29) is 78.9 Å². The van der Waals surface area contributed by atoms with Gasteiger partial charge in [-0.15, -0.1) is 0 Å².